The molecular formula is C28H22FO4P. The molecule has 0 heterocycles. The number of rotatable bonds is 7. The highest BCUT2D eigenvalue weighted by Crippen LogP contribution is 2.57. The van der Waals surface area contributed by atoms with Crippen molar-refractivity contribution in [1.82, 2.24) is 0 Å². The predicted molar refractivity (Wildman–Crippen MR) is 131 cm³/mol. The number of Topliss-reactive ketones (excluding diaryl/α,β-unsaturated/α-hetero) is 1. The lowest BCUT2D eigenvalue weighted by Crippen LogP contribution is -2.39. The van der Waals surface area contributed by atoms with Gasteiger partial charge in [0.2, 0.25) is 5.57 Å². The summed E-state index contributed by atoms with van der Waals surface area (Å²) in [6.45, 7) is 0. The minimum absolute atomic E-state index is 0.195. The van der Waals surface area contributed by atoms with Crippen LogP contribution in [0.15, 0.2) is 127 Å². The summed E-state index contributed by atoms with van der Waals surface area (Å²) >= 11 is 0. The van der Waals surface area contributed by atoms with Crippen LogP contribution in [0.4, 0.5) is 4.39 Å². The Balaban J connectivity index is 2.25. The maximum absolute atomic E-state index is 16.0. The number of benzene rings is 4. The van der Waals surface area contributed by atoms with Crippen molar-refractivity contribution >= 4 is 19.0 Å². The SMILES string of the molecule is O=C(c1ccccc1)C(/C(=C(\F)P(=O)(O)O)c1ccccc1)(c1ccccc1)c1ccccc1. The Kier molecular flexibility index (Phi) is 6.71. The lowest BCUT2D eigenvalue weighted by Gasteiger charge is -2.37. The first kappa shape index (κ1) is 23.5. The molecule has 170 valence electrons. The molecule has 2 N–H and O–H groups in total. The van der Waals surface area contributed by atoms with Crippen molar-refractivity contribution < 1.29 is 23.5 Å². The van der Waals surface area contributed by atoms with E-state index < -0.39 is 24.4 Å². The van der Waals surface area contributed by atoms with Crippen molar-refractivity contribution in [3.05, 3.63) is 149 Å². The van der Waals surface area contributed by atoms with Crippen LogP contribution in [0, 0.1) is 0 Å². The van der Waals surface area contributed by atoms with E-state index in [1.807, 2.05) is 0 Å². The van der Waals surface area contributed by atoms with Gasteiger partial charge in [-0.15, -0.1) is 0 Å². The van der Waals surface area contributed by atoms with Gasteiger partial charge in [0, 0.05) is 11.1 Å². The summed E-state index contributed by atoms with van der Waals surface area (Å²) in [7, 11) is -5.39. The zero-order chi connectivity index (χ0) is 24.2. The molecule has 0 aromatic heterocycles. The Bertz CT molecular complexity index is 1310. The quantitative estimate of drug-likeness (QED) is 0.242. The first-order chi connectivity index (χ1) is 16.4. The minimum Gasteiger partial charge on any atom is -0.319 e. The van der Waals surface area contributed by atoms with Gasteiger partial charge in [-0.25, -0.2) is 0 Å². The van der Waals surface area contributed by atoms with Gasteiger partial charge in [-0.1, -0.05) is 121 Å². The maximum Gasteiger partial charge on any atom is 0.384 e. The standard InChI is InChI=1S/C28H22FO4P/c29-27(34(31,32)33)25(21-13-5-1-6-14-21)28(23-17-9-3-10-18-23,24-19-11-4-12-20-24)26(30)22-15-7-2-8-16-22/h1-20H,(H2,31,32,33)/b27-25+. The van der Waals surface area contributed by atoms with E-state index in [0.29, 0.717) is 11.1 Å². The molecule has 0 saturated heterocycles. The summed E-state index contributed by atoms with van der Waals surface area (Å²) in [6, 6.07) is 33.5. The third-order valence-electron chi connectivity index (χ3n) is 5.69. The van der Waals surface area contributed by atoms with Crippen molar-refractivity contribution in [3.8, 4) is 0 Å². The highest BCUT2D eigenvalue weighted by atomic mass is 31.2. The van der Waals surface area contributed by atoms with E-state index in [2.05, 4.69) is 0 Å². The first-order valence-corrected chi connectivity index (χ1v) is 12.2. The van der Waals surface area contributed by atoms with Crippen molar-refractivity contribution in [1.29, 1.82) is 0 Å². The van der Waals surface area contributed by atoms with Gasteiger partial charge < -0.3 is 9.79 Å². The van der Waals surface area contributed by atoms with E-state index in [4.69, 9.17) is 0 Å². The van der Waals surface area contributed by atoms with Crippen LogP contribution >= 0.6 is 7.60 Å². The number of allylic oxidation sites excluding steroid dienone is 1. The van der Waals surface area contributed by atoms with Crippen LogP contribution in [0.5, 0.6) is 0 Å². The molecule has 0 atom stereocenters. The summed E-state index contributed by atoms with van der Waals surface area (Å²) in [4.78, 5) is 34.4. The molecule has 4 aromatic rings. The summed E-state index contributed by atoms with van der Waals surface area (Å²) in [6.07, 6.45) is 0. The van der Waals surface area contributed by atoms with Gasteiger partial charge in [-0.2, -0.15) is 4.39 Å². The second kappa shape index (κ2) is 9.70. The van der Waals surface area contributed by atoms with Gasteiger partial charge in [-0.3, -0.25) is 9.36 Å². The van der Waals surface area contributed by atoms with Crippen molar-refractivity contribution in [2.24, 2.45) is 0 Å². The Hall–Kier alpha value is -3.63. The smallest absolute Gasteiger partial charge is 0.319 e. The highest BCUT2D eigenvalue weighted by Gasteiger charge is 2.50. The highest BCUT2D eigenvalue weighted by molar-refractivity contribution is 7.56. The van der Waals surface area contributed by atoms with Crippen LogP contribution in [-0.2, 0) is 9.98 Å². The van der Waals surface area contributed by atoms with Crippen LogP contribution in [0.1, 0.15) is 27.0 Å². The number of halogens is 1. The molecule has 0 aliphatic heterocycles. The molecule has 4 nitrogen and oxygen atoms in total. The minimum atomic E-state index is -5.39. The molecule has 34 heavy (non-hydrogen) atoms. The Morgan fingerprint density at radius 3 is 1.35 bits per heavy atom. The second-order valence-corrected chi connectivity index (χ2v) is 9.23. The molecule has 0 amide bonds. The number of hydrogen-bond acceptors (Lipinski definition) is 2. The third kappa shape index (κ3) is 4.29. The average Bonchev–Trinajstić information content (AvgIpc) is 2.88. The van der Waals surface area contributed by atoms with Gasteiger partial charge >= 0.3 is 7.60 Å². The third-order valence-corrected chi connectivity index (χ3v) is 6.42. The van der Waals surface area contributed by atoms with Gasteiger partial charge in [-0.05, 0) is 16.7 Å². The van der Waals surface area contributed by atoms with Crippen LogP contribution < -0.4 is 0 Å². The molecule has 0 unspecified atom stereocenters. The Morgan fingerprint density at radius 2 is 0.971 bits per heavy atom. The fourth-order valence-electron chi connectivity index (χ4n) is 4.25. The molecule has 0 fully saturated rings. The maximum atomic E-state index is 16.0. The van der Waals surface area contributed by atoms with Crippen molar-refractivity contribution in [2.45, 2.75) is 5.41 Å². The molecule has 0 aliphatic carbocycles. The molecule has 0 spiro atoms. The Morgan fingerprint density at radius 1 is 0.618 bits per heavy atom. The summed E-state index contributed by atoms with van der Waals surface area (Å²) in [5, 5.41) is 0. The molecule has 0 saturated carbocycles. The van der Waals surface area contributed by atoms with Crippen molar-refractivity contribution in [2.75, 3.05) is 0 Å². The fourth-order valence-corrected chi connectivity index (χ4v) is 4.84. The molecule has 0 bridgehead atoms. The average molecular weight is 472 g/mol. The van der Waals surface area contributed by atoms with E-state index in [1.54, 1.807) is 121 Å². The number of carbonyl (C=O) groups excluding carboxylic acids is 1. The summed E-state index contributed by atoms with van der Waals surface area (Å²) in [5.41, 5.74) is -2.66. The van der Waals surface area contributed by atoms with Crippen LogP contribution in [-0.4, -0.2) is 15.6 Å². The lowest BCUT2D eigenvalue weighted by atomic mass is 9.63. The van der Waals surface area contributed by atoms with E-state index in [-0.39, 0.29) is 16.7 Å². The number of carbonyl (C=O) groups is 1. The largest absolute Gasteiger partial charge is 0.384 e. The molecule has 0 aliphatic rings. The van der Waals surface area contributed by atoms with Crippen LogP contribution in [0.3, 0.4) is 0 Å². The van der Waals surface area contributed by atoms with Crippen LogP contribution in [0.25, 0.3) is 5.57 Å². The molecular weight excluding hydrogens is 450 g/mol. The number of hydrogen-bond donors (Lipinski definition) is 2. The van der Waals surface area contributed by atoms with Gasteiger partial charge in [0.05, 0.1) is 0 Å². The van der Waals surface area contributed by atoms with E-state index in [9.17, 15) is 19.1 Å². The van der Waals surface area contributed by atoms with E-state index >= 15 is 4.39 Å². The zero-order valence-corrected chi connectivity index (χ0v) is 19.0. The predicted octanol–water partition coefficient (Wildman–Crippen LogP) is 6.37. The normalized spacial score (nSPS) is 12.7. The monoisotopic (exact) mass is 472 g/mol. The van der Waals surface area contributed by atoms with E-state index in [1.165, 1.54) is 0 Å². The second-order valence-electron chi connectivity index (χ2n) is 7.75. The zero-order valence-electron chi connectivity index (χ0n) is 18.1. The summed E-state index contributed by atoms with van der Waals surface area (Å²) < 4.78 is 28.3. The van der Waals surface area contributed by atoms with Crippen molar-refractivity contribution in [3.63, 3.8) is 0 Å². The lowest BCUT2D eigenvalue weighted by molar-refractivity contribution is 0.0943. The molecule has 6 heteroatoms. The van der Waals surface area contributed by atoms with Crippen LogP contribution in [0.2, 0.25) is 0 Å². The molecule has 0 radical (unpaired) electrons. The topological polar surface area (TPSA) is 74.6 Å². The number of ketones is 1. The van der Waals surface area contributed by atoms with Gasteiger partial charge in [0.1, 0.15) is 5.41 Å². The first-order valence-electron chi connectivity index (χ1n) is 10.6. The van der Waals surface area contributed by atoms with Gasteiger partial charge in [0.15, 0.2) is 5.78 Å². The Labute approximate surface area is 197 Å². The van der Waals surface area contributed by atoms with Gasteiger partial charge in [0.25, 0.3) is 0 Å². The van der Waals surface area contributed by atoms with E-state index in [0.717, 1.165) is 0 Å². The molecule has 4 rings (SSSR count). The fraction of sp³-hybridized carbons (Fsp3) is 0.0357. The summed E-state index contributed by atoms with van der Waals surface area (Å²) in [5.74, 6) is -0.507. The molecule has 4 aromatic carbocycles.